The maximum Gasteiger partial charge on any atom is 0.314 e. The Labute approximate surface area is 95.5 Å². The van der Waals surface area contributed by atoms with Crippen LogP contribution in [-0.2, 0) is 9.84 Å². The highest BCUT2D eigenvalue weighted by Gasteiger charge is 2.23. The lowest BCUT2D eigenvalue weighted by Gasteiger charge is -2.04. The molecule has 0 unspecified atom stereocenters. The van der Waals surface area contributed by atoms with Gasteiger partial charge in [-0.05, 0) is 6.07 Å². The zero-order valence-electron chi connectivity index (χ0n) is 7.75. The molecule has 0 aliphatic rings. The smallest absolute Gasteiger partial charge is 0.314 e. The average Bonchev–Trinajstić information content (AvgIpc) is 2.21. The summed E-state index contributed by atoms with van der Waals surface area (Å²) in [5.41, 5.74) is 4.08. The Morgan fingerprint density at radius 2 is 2.06 bits per heavy atom. The summed E-state index contributed by atoms with van der Waals surface area (Å²) in [6, 6.07) is 1.63. The molecule has 1 aromatic carbocycles. The molecular weight excluding hydrogens is 260 g/mol. The van der Waals surface area contributed by atoms with E-state index in [1.165, 1.54) is 0 Å². The highest BCUT2D eigenvalue weighted by Crippen LogP contribution is 2.34. The first-order valence-electron chi connectivity index (χ1n) is 3.85. The number of nitrogens with two attached hydrogens (primary N) is 1. The van der Waals surface area contributed by atoms with E-state index in [9.17, 15) is 23.6 Å². The van der Waals surface area contributed by atoms with E-state index in [1.807, 2.05) is 0 Å². The number of phenolic OH excluding ortho intramolecular Hbond substituents is 1. The molecule has 7 nitrogen and oxygen atoms in total. The van der Waals surface area contributed by atoms with Gasteiger partial charge in [0.1, 0.15) is 5.21 Å². The zero-order chi connectivity index (χ0) is 12.5. The summed E-state index contributed by atoms with van der Waals surface area (Å²) >= 11 is 5.19. The van der Waals surface area contributed by atoms with Gasteiger partial charge in [-0.2, -0.15) is 0 Å². The Morgan fingerprint density at radius 1 is 1.50 bits per heavy atom. The summed E-state index contributed by atoms with van der Waals surface area (Å²) < 4.78 is 22.7. The minimum atomic E-state index is -3.82. The predicted molar refractivity (Wildman–Crippen MR) is 57.1 cm³/mol. The van der Waals surface area contributed by atoms with Crippen LogP contribution in [0.1, 0.15) is 0 Å². The Morgan fingerprint density at radius 3 is 2.50 bits per heavy atom. The molecule has 3 N–H and O–H groups in total. The molecule has 9 heteroatoms. The van der Waals surface area contributed by atoms with E-state index in [2.05, 4.69) is 0 Å². The van der Waals surface area contributed by atoms with Crippen LogP contribution < -0.4 is 5.73 Å². The monoisotopic (exact) mass is 266 g/mol. The molecule has 0 amide bonds. The van der Waals surface area contributed by atoms with Gasteiger partial charge in [0.15, 0.2) is 9.84 Å². The highest BCUT2D eigenvalue weighted by atomic mass is 35.5. The van der Waals surface area contributed by atoms with Crippen molar-refractivity contribution in [3.05, 3.63) is 22.2 Å². The molecule has 88 valence electrons. The standard InChI is InChI=1S/C7H7ClN2O5S/c8-3-16(14,15)4-1-5(9)7(11)6(2-4)10(12)13/h1-2,11H,3,9H2. The maximum absolute atomic E-state index is 11.3. The lowest BCUT2D eigenvalue weighted by molar-refractivity contribution is -0.386. The van der Waals surface area contributed by atoms with Crippen molar-refractivity contribution in [1.82, 2.24) is 0 Å². The van der Waals surface area contributed by atoms with Crippen molar-refractivity contribution in [3.8, 4) is 5.75 Å². The lowest BCUT2D eigenvalue weighted by Crippen LogP contribution is -2.04. The highest BCUT2D eigenvalue weighted by molar-refractivity contribution is 7.92. The summed E-state index contributed by atoms with van der Waals surface area (Å²) in [6.07, 6.45) is 0. The predicted octanol–water partition coefficient (Wildman–Crippen LogP) is 0.853. The van der Waals surface area contributed by atoms with Gasteiger partial charge in [0.25, 0.3) is 0 Å². The SMILES string of the molecule is Nc1cc(S(=O)(=O)CCl)cc([N+](=O)[O-])c1O. The van der Waals surface area contributed by atoms with Crippen LogP contribution in [-0.4, -0.2) is 23.7 Å². The summed E-state index contributed by atoms with van der Waals surface area (Å²) in [7, 11) is -3.82. The van der Waals surface area contributed by atoms with Crippen molar-refractivity contribution in [1.29, 1.82) is 0 Å². The molecular formula is C7H7ClN2O5S. The topological polar surface area (TPSA) is 124 Å². The van der Waals surface area contributed by atoms with E-state index < -0.39 is 42.0 Å². The van der Waals surface area contributed by atoms with Crippen LogP contribution in [0.2, 0.25) is 0 Å². The fourth-order valence-corrected chi connectivity index (χ4v) is 2.10. The number of nitro benzene ring substituents is 1. The fraction of sp³-hybridized carbons (Fsp3) is 0.143. The van der Waals surface area contributed by atoms with E-state index in [1.54, 1.807) is 0 Å². The van der Waals surface area contributed by atoms with Crippen LogP contribution in [0.3, 0.4) is 0 Å². The molecule has 0 fully saturated rings. The van der Waals surface area contributed by atoms with Gasteiger partial charge in [-0.1, -0.05) is 0 Å². The molecule has 0 saturated carbocycles. The fourth-order valence-electron chi connectivity index (χ4n) is 0.996. The maximum atomic E-state index is 11.3. The Hall–Kier alpha value is -1.54. The molecule has 0 aliphatic carbocycles. The Kier molecular flexibility index (Phi) is 3.24. The number of aromatic hydroxyl groups is 1. The van der Waals surface area contributed by atoms with Crippen molar-refractivity contribution in [2.45, 2.75) is 4.90 Å². The van der Waals surface area contributed by atoms with Crippen LogP contribution >= 0.6 is 11.6 Å². The average molecular weight is 267 g/mol. The third-order valence-corrected chi connectivity index (χ3v) is 3.90. The van der Waals surface area contributed by atoms with Gasteiger partial charge in [-0.15, -0.1) is 11.6 Å². The molecule has 0 bridgehead atoms. The summed E-state index contributed by atoms with van der Waals surface area (Å²) in [5, 5.41) is 19.0. The third kappa shape index (κ3) is 2.17. The Balaban J connectivity index is 3.53. The van der Waals surface area contributed by atoms with Crippen LogP contribution in [0.5, 0.6) is 5.75 Å². The van der Waals surface area contributed by atoms with Crippen LogP contribution in [0, 0.1) is 10.1 Å². The van der Waals surface area contributed by atoms with E-state index in [4.69, 9.17) is 17.3 Å². The van der Waals surface area contributed by atoms with Crippen molar-refractivity contribution < 1.29 is 18.4 Å². The second-order valence-electron chi connectivity index (χ2n) is 2.86. The first-order chi connectivity index (χ1) is 7.29. The van der Waals surface area contributed by atoms with Crippen molar-refractivity contribution in [2.24, 2.45) is 0 Å². The zero-order valence-corrected chi connectivity index (χ0v) is 9.33. The largest absolute Gasteiger partial charge is 0.501 e. The van der Waals surface area contributed by atoms with Crippen LogP contribution in [0.15, 0.2) is 17.0 Å². The Bertz CT molecular complexity index is 542. The molecule has 1 aromatic rings. The molecule has 0 atom stereocenters. The number of nitrogen functional groups attached to an aromatic ring is 1. The molecule has 0 aliphatic heterocycles. The van der Waals surface area contributed by atoms with Crippen LogP contribution in [0.25, 0.3) is 0 Å². The number of benzene rings is 1. The summed E-state index contributed by atoms with van der Waals surface area (Å²) in [6.45, 7) is 0. The second-order valence-corrected chi connectivity index (χ2v) is 5.43. The van der Waals surface area contributed by atoms with E-state index in [0.29, 0.717) is 6.07 Å². The molecule has 1 rings (SSSR count). The number of sulfone groups is 1. The van der Waals surface area contributed by atoms with Gasteiger partial charge in [-0.3, -0.25) is 10.1 Å². The number of halogens is 1. The molecule has 16 heavy (non-hydrogen) atoms. The van der Waals surface area contributed by atoms with Gasteiger partial charge in [0.2, 0.25) is 5.75 Å². The molecule has 0 spiro atoms. The second kappa shape index (κ2) is 4.14. The number of nitro groups is 1. The molecule has 0 saturated heterocycles. The quantitative estimate of drug-likeness (QED) is 0.275. The molecule has 0 radical (unpaired) electrons. The number of nitrogens with zero attached hydrogens (tertiary/aromatic N) is 1. The van der Waals surface area contributed by atoms with Gasteiger partial charge in [0, 0.05) is 6.07 Å². The number of alkyl halides is 1. The van der Waals surface area contributed by atoms with Crippen LogP contribution in [0.4, 0.5) is 11.4 Å². The van der Waals surface area contributed by atoms with Gasteiger partial charge >= 0.3 is 5.69 Å². The number of phenols is 1. The third-order valence-electron chi connectivity index (χ3n) is 1.79. The van der Waals surface area contributed by atoms with E-state index in [0.717, 1.165) is 6.07 Å². The number of rotatable bonds is 3. The van der Waals surface area contributed by atoms with Crippen molar-refractivity contribution >= 4 is 32.8 Å². The number of hydrogen-bond acceptors (Lipinski definition) is 6. The van der Waals surface area contributed by atoms with Gasteiger partial charge in [0.05, 0.1) is 15.5 Å². The summed E-state index contributed by atoms with van der Waals surface area (Å²) in [4.78, 5) is 9.17. The van der Waals surface area contributed by atoms with Gasteiger partial charge < -0.3 is 10.8 Å². The van der Waals surface area contributed by atoms with E-state index >= 15 is 0 Å². The normalized spacial score (nSPS) is 11.3. The molecule has 0 heterocycles. The first-order valence-corrected chi connectivity index (χ1v) is 6.04. The first kappa shape index (κ1) is 12.5. The minimum absolute atomic E-state index is 0.391. The number of hydrogen-bond donors (Lipinski definition) is 2. The van der Waals surface area contributed by atoms with Crippen molar-refractivity contribution in [2.75, 3.05) is 10.9 Å². The molecule has 0 aromatic heterocycles. The number of anilines is 1. The van der Waals surface area contributed by atoms with E-state index in [-0.39, 0.29) is 0 Å². The summed E-state index contributed by atoms with van der Waals surface area (Å²) in [5.74, 6) is -0.765. The lowest BCUT2D eigenvalue weighted by atomic mass is 10.2. The van der Waals surface area contributed by atoms with Gasteiger partial charge in [-0.25, -0.2) is 8.42 Å². The van der Waals surface area contributed by atoms with Crippen molar-refractivity contribution in [3.63, 3.8) is 0 Å². The minimum Gasteiger partial charge on any atom is -0.501 e.